The molecule has 4 aromatic rings. The van der Waals surface area contributed by atoms with E-state index in [1.165, 1.54) is 25.3 Å². The van der Waals surface area contributed by atoms with Gasteiger partial charge in [0.2, 0.25) is 5.91 Å². The number of sulfonamides is 1. The zero-order chi connectivity index (χ0) is 24.8. The molecule has 0 bridgehead atoms. The fraction of sp³-hybridized carbons (Fsp3) is 0.120. The molecule has 0 aliphatic rings. The highest BCUT2D eigenvalue weighted by Gasteiger charge is 2.29. The monoisotopic (exact) mass is 510 g/mol. The third kappa shape index (κ3) is 5.47. The summed E-state index contributed by atoms with van der Waals surface area (Å²) in [6, 6.07) is 20.1. The summed E-state index contributed by atoms with van der Waals surface area (Å²) >= 11 is 6.17. The van der Waals surface area contributed by atoms with Crippen molar-refractivity contribution in [2.45, 2.75) is 11.4 Å². The maximum atomic E-state index is 13.6. The molecule has 1 N–H and O–H groups in total. The van der Waals surface area contributed by atoms with Crippen LogP contribution in [0.3, 0.4) is 0 Å². The van der Waals surface area contributed by atoms with E-state index in [2.05, 4.69) is 10.3 Å². The molecule has 1 aromatic heterocycles. The van der Waals surface area contributed by atoms with Crippen LogP contribution in [0, 0.1) is 0 Å². The van der Waals surface area contributed by atoms with Crippen LogP contribution >= 0.6 is 11.6 Å². The molecule has 3 aromatic carbocycles. The van der Waals surface area contributed by atoms with Gasteiger partial charge in [0.05, 0.1) is 29.7 Å². The second-order valence-corrected chi connectivity index (χ2v) is 9.82. The molecule has 0 radical (unpaired) electrons. The molecule has 0 aliphatic heterocycles. The first-order chi connectivity index (χ1) is 16.9. The number of anilines is 1. The van der Waals surface area contributed by atoms with Crippen molar-refractivity contribution in [3.8, 4) is 11.4 Å². The SMILES string of the molecule is COc1ccc(Cl)cc1N(CC(=O)NCc1ccccc1-n1ccnc1)S(=O)(=O)c1ccccc1. The number of aromatic nitrogens is 2. The first-order valence-corrected chi connectivity index (χ1v) is 12.5. The summed E-state index contributed by atoms with van der Waals surface area (Å²) in [5.41, 5.74) is 1.87. The molecule has 35 heavy (non-hydrogen) atoms. The second kappa shape index (κ2) is 10.6. The van der Waals surface area contributed by atoms with Crippen molar-refractivity contribution in [2.75, 3.05) is 18.0 Å². The number of nitrogens with one attached hydrogen (secondary N) is 1. The number of imidazole rings is 1. The second-order valence-electron chi connectivity index (χ2n) is 7.52. The molecule has 180 valence electrons. The molecular weight excluding hydrogens is 488 g/mol. The Bertz CT molecular complexity index is 1410. The third-order valence-corrected chi connectivity index (χ3v) is 7.29. The van der Waals surface area contributed by atoms with Gasteiger partial charge in [0.25, 0.3) is 10.0 Å². The standard InChI is InChI=1S/C25H23ClN4O4S/c1-34-24-12-11-20(26)15-23(24)30(35(32,33)21-8-3-2-4-9-21)17-25(31)28-16-19-7-5-6-10-22(19)29-14-13-27-18-29/h2-15,18H,16-17H2,1H3,(H,28,31). The fourth-order valence-corrected chi connectivity index (χ4v) is 5.18. The van der Waals surface area contributed by atoms with Crippen LogP contribution in [-0.2, 0) is 21.4 Å². The molecular formula is C25H23ClN4O4S. The summed E-state index contributed by atoms with van der Waals surface area (Å²) in [6.07, 6.45) is 5.14. The van der Waals surface area contributed by atoms with Crippen LogP contribution in [0.5, 0.6) is 5.75 Å². The van der Waals surface area contributed by atoms with E-state index in [0.717, 1.165) is 15.6 Å². The maximum Gasteiger partial charge on any atom is 0.264 e. The number of nitrogens with zero attached hydrogens (tertiary/aromatic N) is 3. The number of ether oxygens (including phenoxy) is 1. The van der Waals surface area contributed by atoms with E-state index in [-0.39, 0.29) is 22.9 Å². The van der Waals surface area contributed by atoms with Crippen molar-refractivity contribution in [2.24, 2.45) is 0 Å². The van der Waals surface area contributed by atoms with Gasteiger partial charge in [-0.25, -0.2) is 13.4 Å². The van der Waals surface area contributed by atoms with E-state index in [9.17, 15) is 13.2 Å². The van der Waals surface area contributed by atoms with Crippen LogP contribution in [0.1, 0.15) is 5.56 Å². The number of hydrogen-bond donors (Lipinski definition) is 1. The lowest BCUT2D eigenvalue weighted by atomic mass is 10.1. The van der Waals surface area contributed by atoms with Crippen molar-refractivity contribution >= 4 is 33.2 Å². The summed E-state index contributed by atoms with van der Waals surface area (Å²) in [4.78, 5) is 17.2. The molecule has 0 unspecified atom stereocenters. The van der Waals surface area contributed by atoms with Crippen LogP contribution in [-0.4, -0.2) is 37.5 Å². The van der Waals surface area contributed by atoms with E-state index < -0.39 is 22.5 Å². The largest absolute Gasteiger partial charge is 0.495 e. The Morgan fingerprint density at radius 1 is 1.09 bits per heavy atom. The third-order valence-electron chi connectivity index (χ3n) is 5.28. The number of benzene rings is 3. The number of carbonyl (C=O) groups excluding carboxylic acids is 1. The lowest BCUT2D eigenvalue weighted by Crippen LogP contribution is -2.41. The molecule has 0 fully saturated rings. The first kappa shape index (κ1) is 24.3. The van der Waals surface area contributed by atoms with Gasteiger partial charge >= 0.3 is 0 Å². The number of methoxy groups -OCH3 is 1. The highest BCUT2D eigenvalue weighted by molar-refractivity contribution is 7.92. The minimum atomic E-state index is -4.10. The first-order valence-electron chi connectivity index (χ1n) is 10.6. The number of carbonyl (C=O) groups is 1. The van der Waals surface area contributed by atoms with E-state index in [4.69, 9.17) is 16.3 Å². The van der Waals surface area contributed by atoms with Crippen molar-refractivity contribution < 1.29 is 17.9 Å². The van der Waals surface area contributed by atoms with E-state index >= 15 is 0 Å². The minimum absolute atomic E-state index is 0.0419. The van der Waals surface area contributed by atoms with Gasteiger partial charge in [-0.1, -0.05) is 48.0 Å². The van der Waals surface area contributed by atoms with Gasteiger partial charge in [0.1, 0.15) is 12.3 Å². The zero-order valence-electron chi connectivity index (χ0n) is 18.8. The van der Waals surface area contributed by atoms with Crippen LogP contribution < -0.4 is 14.4 Å². The van der Waals surface area contributed by atoms with Crippen LogP contribution in [0.4, 0.5) is 5.69 Å². The van der Waals surface area contributed by atoms with Crippen LogP contribution in [0.15, 0.2) is 96.4 Å². The van der Waals surface area contributed by atoms with E-state index in [0.29, 0.717) is 5.02 Å². The lowest BCUT2D eigenvalue weighted by Gasteiger charge is -2.26. The quantitative estimate of drug-likeness (QED) is 0.367. The molecule has 0 saturated carbocycles. The summed E-state index contributed by atoms with van der Waals surface area (Å²) in [5.74, 6) is -0.223. The Balaban J connectivity index is 1.63. The predicted octanol–water partition coefficient (Wildman–Crippen LogP) is 4.05. The molecule has 0 spiro atoms. The average molecular weight is 511 g/mol. The normalized spacial score (nSPS) is 11.1. The van der Waals surface area contributed by atoms with Crippen molar-refractivity contribution in [3.05, 3.63) is 102 Å². The van der Waals surface area contributed by atoms with Gasteiger partial charge in [0, 0.05) is 24.0 Å². The molecule has 1 amide bonds. The molecule has 0 saturated heterocycles. The van der Waals surface area contributed by atoms with Gasteiger partial charge in [-0.3, -0.25) is 9.10 Å². The highest BCUT2D eigenvalue weighted by Crippen LogP contribution is 2.34. The zero-order valence-corrected chi connectivity index (χ0v) is 20.4. The summed E-state index contributed by atoms with van der Waals surface area (Å²) < 4.78 is 35.4. The number of amides is 1. The smallest absolute Gasteiger partial charge is 0.264 e. The van der Waals surface area contributed by atoms with Gasteiger partial charge < -0.3 is 14.6 Å². The number of rotatable bonds is 9. The maximum absolute atomic E-state index is 13.6. The topological polar surface area (TPSA) is 93.5 Å². The Hall–Kier alpha value is -3.82. The average Bonchev–Trinajstić information content (AvgIpc) is 3.41. The molecule has 8 nitrogen and oxygen atoms in total. The van der Waals surface area contributed by atoms with Gasteiger partial charge in [0.15, 0.2) is 0 Å². The van der Waals surface area contributed by atoms with Crippen molar-refractivity contribution in [1.29, 1.82) is 0 Å². The number of hydrogen-bond acceptors (Lipinski definition) is 5. The Labute approximate surface area is 208 Å². The molecule has 1 heterocycles. The van der Waals surface area contributed by atoms with Crippen molar-refractivity contribution in [3.63, 3.8) is 0 Å². The summed E-state index contributed by atoms with van der Waals surface area (Å²) in [6.45, 7) is -0.278. The van der Waals surface area contributed by atoms with Gasteiger partial charge in [-0.2, -0.15) is 0 Å². The lowest BCUT2D eigenvalue weighted by molar-refractivity contribution is -0.119. The Kier molecular flexibility index (Phi) is 7.38. The van der Waals surface area contributed by atoms with E-state index in [1.54, 1.807) is 49.1 Å². The minimum Gasteiger partial charge on any atom is -0.495 e. The summed E-state index contributed by atoms with van der Waals surface area (Å²) in [5, 5.41) is 3.13. The summed E-state index contributed by atoms with van der Waals surface area (Å²) in [7, 11) is -2.68. The number of halogens is 1. The van der Waals surface area contributed by atoms with Crippen LogP contribution in [0.25, 0.3) is 5.69 Å². The predicted molar refractivity (Wildman–Crippen MR) is 134 cm³/mol. The van der Waals surface area contributed by atoms with Crippen LogP contribution in [0.2, 0.25) is 5.02 Å². The molecule has 0 atom stereocenters. The van der Waals surface area contributed by atoms with Gasteiger partial charge in [-0.05, 0) is 42.0 Å². The fourth-order valence-electron chi connectivity index (χ4n) is 3.57. The highest BCUT2D eigenvalue weighted by atomic mass is 35.5. The molecule has 0 aliphatic carbocycles. The van der Waals surface area contributed by atoms with Crippen molar-refractivity contribution in [1.82, 2.24) is 14.9 Å². The van der Waals surface area contributed by atoms with Gasteiger partial charge in [-0.15, -0.1) is 0 Å². The number of para-hydroxylation sites is 1. The van der Waals surface area contributed by atoms with E-state index in [1.807, 2.05) is 28.8 Å². The Morgan fingerprint density at radius 2 is 1.83 bits per heavy atom. The Morgan fingerprint density at radius 3 is 2.54 bits per heavy atom. The molecule has 4 rings (SSSR count). The molecule has 10 heteroatoms.